The average molecular weight is 345 g/mol. The third kappa shape index (κ3) is 2.95. The van der Waals surface area contributed by atoms with Gasteiger partial charge in [-0.25, -0.2) is 9.97 Å². The molecule has 0 saturated carbocycles. The van der Waals surface area contributed by atoms with Gasteiger partial charge in [-0.05, 0) is 32.0 Å². The zero-order valence-electron chi connectivity index (χ0n) is 14.6. The minimum absolute atomic E-state index is 0.327. The van der Waals surface area contributed by atoms with Crippen LogP contribution in [0.15, 0.2) is 55.4 Å². The summed E-state index contributed by atoms with van der Waals surface area (Å²) in [6.07, 6.45) is 10.8. The Bertz CT molecular complexity index is 1070. The maximum atomic E-state index is 5.77. The van der Waals surface area contributed by atoms with E-state index >= 15 is 0 Å². The van der Waals surface area contributed by atoms with Crippen LogP contribution in [-0.2, 0) is 0 Å². The van der Waals surface area contributed by atoms with Gasteiger partial charge in [0.25, 0.3) is 0 Å². The minimum atomic E-state index is 0.327. The van der Waals surface area contributed by atoms with E-state index in [1.54, 1.807) is 30.9 Å². The number of nitrogen functional groups attached to an aromatic ring is 1. The van der Waals surface area contributed by atoms with Gasteiger partial charge in [0.1, 0.15) is 0 Å². The van der Waals surface area contributed by atoms with Crippen LogP contribution >= 0.6 is 0 Å². The van der Waals surface area contributed by atoms with Crippen LogP contribution in [0, 0.1) is 0 Å². The molecule has 0 atom stereocenters. The van der Waals surface area contributed by atoms with Crippen molar-refractivity contribution in [1.29, 1.82) is 0 Å². The fourth-order valence-corrected chi connectivity index (χ4v) is 2.95. The van der Waals surface area contributed by atoms with E-state index < -0.39 is 0 Å². The summed E-state index contributed by atoms with van der Waals surface area (Å²) in [5.74, 6) is 0.495. The molecule has 0 radical (unpaired) electrons. The number of nitrogens with two attached hydrogens (primary N) is 1. The van der Waals surface area contributed by atoms with Crippen LogP contribution in [0.4, 0.5) is 17.3 Å². The van der Waals surface area contributed by atoms with Crippen LogP contribution in [0.3, 0.4) is 0 Å². The topological polar surface area (TPSA) is 94.5 Å². The summed E-state index contributed by atoms with van der Waals surface area (Å²) in [4.78, 5) is 17.3. The van der Waals surface area contributed by atoms with Crippen LogP contribution in [0.5, 0.6) is 0 Å². The Balaban J connectivity index is 1.76. The SMILES string of the molecule is CC(C)n1cc(-c2ccnc(Nc3cncc(N)c3)n2)c2ccncc21. The number of rotatable bonds is 4. The van der Waals surface area contributed by atoms with Gasteiger partial charge in [-0.3, -0.25) is 9.97 Å². The number of hydrogen-bond acceptors (Lipinski definition) is 6. The highest BCUT2D eigenvalue weighted by atomic mass is 15.1. The number of pyridine rings is 2. The van der Waals surface area contributed by atoms with Crippen LogP contribution in [0.1, 0.15) is 19.9 Å². The van der Waals surface area contributed by atoms with Crippen molar-refractivity contribution in [1.82, 2.24) is 24.5 Å². The molecule has 0 saturated heterocycles. The molecule has 7 nitrogen and oxygen atoms in total. The second-order valence-corrected chi connectivity index (χ2v) is 6.33. The Morgan fingerprint density at radius 1 is 1.08 bits per heavy atom. The summed E-state index contributed by atoms with van der Waals surface area (Å²) in [5, 5.41) is 4.26. The van der Waals surface area contributed by atoms with Gasteiger partial charge in [-0.15, -0.1) is 0 Å². The van der Waals surface area contributed by atoms with Gasteiger partial charge in [0, 0.05) is 41.8 Å². The van der Waals surface area contributed by atoms with E-state index in [1.165, 1.54) is 0 Å². The van der Waals surface area contributed by atoms with Crippen LogP contribution < -0.4 is 11.1 Å². The van der Waals surface area contributed by atoms with Crippen molar-refractivity contribution in [3.8, 4) is 11.3 Å². The monoisotopic (exact) mass is 345 g/mol. The molecule has 0 fully saturated rings. The summed E-state index contributed by atoms with van der Waals surface area (Å²) in [6, 6.07) is 6.04. The van der Waals surface area contributed by atoms with E-state index in [2.05, 4.69) is 49.9 Å². The van der Waals surface area contributed by atoms with Crippen LogP contribution in [-0.4, -0.2) is 24.5 Å². The largest absolute Gasteiger partial charge is 0.397 e. The number of fused-ring (bicyclic) bond motifs is 1. The molecule has 0 aliphatic carbocycles. The summed E-state index contributed by atoms with van der Waals surface area (Å²) < 4.78 is 2.20. The molecule has 4 rings (SSSR count). The van der Waals surface area contributed by atoms with Gasteiger partial charge in [0.05, 0.1) is 35.0 Å². The molecule has 0 amide bonds. The van der Waals surface area contributed by atoms with E-state index in [1.807, 2.05) is 18.3 Å². The zero-order chi connectivity index (χ0) is 18.1. The number of nitrogens with zero attached hydrogens (tertiary/aromatic N) is 5. The second kappa shape index (κ2) is 6.44. The van der Waals surface area contributed by atoms with Gasteiger partial charge < -0.3 is 15.6 Å². The third-order valence-corrected chi connectivity index (χ3v) is 4.14. The molecule has 0 unspecified atom stereocenters. The first kappa shape index (κ1) is 16.0. The maximum Gasteiger partial charge on any atom is 0.227 e. The third-order valence-electron chi connectivity index (χ3n) is 4.14. The van der Waals surface area contributed by atoms with Crippen molar-refractivity contribution in [2.24, 2.45) is 0 Å². The smallest absolute Gasteiger partial charge is 0.227 e. The van der Waals surface area contributed by atoms with E-state index in [0.29, 0.717) is 17.7 Å². The van der Waals surface area contributed by atoms with Gasteiger partial charge in [0.2, 0.25) is 5.95 Å². The van der Waals surface area contributed by atoms with E-state index in [4.69, 9.17) is 5.73 Å². The molecule has 4 aromatic heterocycles. The van der Waals surface area contributed by atoms with Crippen molar-refractivity contribution in [3.63, 3.8) is 0 Å². The fourth-order valence-electron chi connectivity index (χ4n) is 2.95. The van der Waals surface area contributed by atoms with Crippen molar-refractivity contribution >= 4 is 28.2 Å². The molecule has 0 bridgehead atoms. The summed E-state index contributed by atoms with van der Waals surface area (Å²) in [6.45, 7) is 4.30. The first-order valence-corrected chi connectivity index (χ1v) is 8.37. The Labute approximate surface area is 151 Å². The van der Waals surface area contributed by atoms with Crippen molar-refractivity contribution < 1.29 is 0 Å². The summed E-state index contributed by atoms with van der Waals surface area (Å²) >= 11 is 0. The van der Waals surface area contributed by atoms with E-state index in [-0.39, 0.29) is 0 Å². The van der Waals surface area contributed by atoms with Crippen LogP contribution in [0.25, 0.3) is 22.2 Å². The molecule has 7 heteroatoms. The number of aromatic nitrogens is 5. The molecule has 130 valence electrons. The lowest BCUT2D eigenvalue weighted by atomic mass is 10.1. The minimum Gasteiger partial charge on any atom is -0.397 e. The Morgan fingerprint density at radius 3 is 2.77 bits per heavy atom. The fraction of sp³-hybridized carbons (Fsp3) is 0.158. The van der Waals surface area contributed by atoms with Crippen molar-refractivity contribution in [2.45, 2.75) is 19.9 Å². The Morgan fingerprint density at radius 2 is 1.96 bits per heavy atom. The number of anilines is 3. The molecular formula is C19H19N7. The van der Waals surface area contributed by atoms with Crippen molar-refractivity contribution in [3.05, 3.63) is 55.4 Å². The average Bonchev–Trinajstić information content (AvgIpc) is 3.02. The molecule has 0 spiro atoms. The molecule has 0 aromatic carbocycles. The quantitative estimate of drug-likeness (QED) is 0.584. The van der Waals surface area contributed by atoms with Crippen molar-refractivity contribution in [2.75, 3.05) is 11.1 Å². The van der Waals surface area contributed by atoms with Gasteiger partial charge >= 0.3 is 0 Å². The predicted octanol–water partition coefficient (Wildman–Crippen LogP) is 3.80. The lowest BCUT2D eigenvalue weighted by Crippen LogP contribution is -1.99. The van der Waals surface area contributed by atoms with Gasteiger partial charge in [0.15, 0.2) is 0 Å². The second-order valence-electron chi connectivity index (χ2n) is 6.33. The standard InChI is InChI=1S/C19H19N7/c1-12(2)26-11-16(15-3-5-21-10-18(15)26)17-4-6-23-19(25-17)24-14-7-13(20)8-22-9-14/h3-12H,20H2,1-2H3,(H,23,24,25). The maximum absolute atomic E-state index is 5.77. The summed E-state index contributed by atoms with van der Waals surface area (Å²) in [5.41, 5.74) is 10.1. The Kier molecular flexibility index (Phi) is 3.96. The molecule has 26 heavy (non-hydrogen) atoms. The predicted molar refractivity (Wildman–Crippen MR) is 103 cm³/mol. The van der Waals surface area contributed by atoms with E-state index in [9.17, 15) is 0 Å². The highest BCUT2D eigenvalue weighted by Gasteiger charge is 2.13. The number of nitrogens with one attached hydrogen (secondary N) is 1. The highest BCUT2D eigenvalue weighted by molar-refractivity contribution is 5.94. The first-order valence-electron chi connectivity index (χ1n) is 8.37. The first-order chi connectivity index (χ1) is 12.6. The van der Waals surface area contributed by atoms with Gasteiger partial charge in [-0.2, -0.15) is 0 Å². The Hall–Kier alpha value is -3.48. The molecule has 3 N–H and O–H groups in total. The molecule has 0 aliphatic heterocycles. The number of hydrogen-bond donors (Lipinski definition) is 2. The van der Waals surface area contributed by atoms with Crippen LogP contribution in [0.2, 0.25) is 0 Å². The molecule has 4 heterocycles. The van der Waals surface area contributed by atoms with E-state index in [0.717, 1.165) is 27.8 Å². The molecule has 4 aromatic rings. The summed E-state index contributed by atoms with van der Waals surface area (Å²) in [7, 11) is 0. The lowest BCUT2D eigenvalue weighted by molar-refractivity contribution is 0.622. The zero-order valence-corrected chi connectivity index (χ0v) is 14.6. The normalized spacial score (nSPS) is 11.2. The molecular weight excluding hydrogens is 326 g/mol. The van der Waals surface area contributed by atoms with Gasteiger partial charge in [-0.1, -0.05) is 0 Å². The molecule has 0 aliphatic rings. The highest BCUT2D eigenvalue weighted by Crippen LogP contribution is 2.31. The lowest BCUT2D eigenvalue weighted by Gasteiger charge is -2.08.